The Morgan fingerprint density at radius 1 is 1.00 bits per heavy atom. The highest BCUT2D eigenvalue weighted by Gasteiger charge is 2.17. The first-order valence-electron chi connectivity index (χ1n) is 8.06. The summed E-state index contributed by atoms with van der Waals surface area (Å²) in [5.74, 6) is -0.943. The van der Waals surface area contributed by atoms with Crippen LogP contribution in [0.4, 0.5) is 5.69 Å². The van der Waals surface area contributed by atoms with E-state index in [2.05, 4.69) is 10.0 Å². The molecule has 2 amide bonds. The number of benzene rings is 2. The van der Waals surface area contributed by atoms with Crippen LogP contribution < -0.4 is 15.8 Å². The lowest BCUT2D eigenvalue weighted by Crippen LogP contribution is -2.32. The Morgan fingerprint density at radius 3 is 2.04 bits per heavy atom. The van der Waals surface area contributed by atoms with E-state index in [0.717, 1.165) is 0 Å². The van der Waals surface area contributed by atoms with Gasteiger partial charge in [-0.25, -0.2) is 13.1 Å². The van der Waals surface area contributed by atoms with E-state index in [-0.39, 0.29) is 10.9 Å². The van der Waals surface area contributed by atoms with Crippen LogP contribution in [0.3, 0.4) is 0 Å². The summed E-state index contributed by atoms with van der Waals surface area (Å²) in [4.78, 5) is 23.4. The van der Waals surface area contributed by atoms with Crippen LogP contribution in [0, 0.1) is 0 Å². The predicted octanol–water partition coefficient (Wildman–Crippen LogP) is 2.11. The predicted molar refractivity (Wildman–Crippen MR) is 99.4 cm³/mol. The van der Waals surface area contributed by atoms with Gasteiger partial charge in [-0.2, -0.15) is 0 Å². The molecule has 0 heterocycles. The molecule has 0 aromatic heterocycles. The minimum Gasteiger partial charge on any atom is -0.366 e. The Kier molecular flexibility index (Phi) is 6.12. The zero-order chi connectivity index (χ0) is 19.3. The van der Waals surface area contributed by atoms with Crippen molar-refractivity contribution >= 4 is 27.5 Å². The Morgan fingerprint density at radius 2 is 1.54 bits per heavy atom. The maximum atomic E-state index is 12.3. The van der Waals surface area contributed by atoms with Gasteiger partial charge < -0.3 is 11.1 Å². The van der Waals surface area contributed by atoms with Crippen molar-refractivity contribution in [2.45, 2.75) is 31.2 Å². The zero-order valence-electron chi connectivity index (χ0n) is 14.5. The van der Waals surface area contributed by atoms with Crippen LogP contribution in [-0.4, -0.2) is 26.3 Å². The Bertz CT molecular complexity index is 891. The molecule has 0 saturated heterocycles. The van der Waals surface area contributed by atoms with Crippen LogP contribution in [0.5, 0.6) is 0 Å². The van der Waals surface area contributed by atoms with Crippen molar-refractivity contribution in [2.75, 3.05) is 5.32 Å². The van der Waals surface area contributed by atoms with Crippen LogP contribution in [0.2, 0.25) is 0 Å². The van der Waals surface area contributed by atoms with Crippen LogP contribution in [0.25, 0.3) is 0 Å². The summed E-state index contributed by atoms with van der Waals surface area (Å²) in [6.45, 7) is 3.67. The molecule has 0 aliphatic carbocycles. The topological polar surface area (TPSA) is 118 Å². The van der Waals surface area contributed by atoms with Gasteiger partial charge >= 0.3 is 0 Å². The van der Waals surface area contributed by atoms with Crippen molar-refractivity contribution in [1.29, 1.82) is 0 Å². The summed E-state index contributed by atoms with van der Waals surface area (Å²) in [6, 6.07) is 11.6. The van der Waals surface area contributed by atoms with Gasteiger partial charge in [-0.1, -0.05) is 6.92 Å². The van der Waals surface area contributed by atoms with E-state index < -0.39 is 21.8 Å². The van der Waals surface area contributed by atoms with Crippen LogP contribution in [0.15, 0.2) is 53.4 Å². The molecule has 2 aromatic rings. The molecule has 26 heavy (non-hydrogen) atoms. The fourth-order valence-electron chi connectivity index (χ4n) is 2.12. The highest BCUT2D eigenvalue weighted by molar-refractivity contribution is 7.89. The lowest BCUT2D eigenvalue weighted by atomic mass is 10.2. The average molecular weight is 375 g/mol. The highest BCUT2D eigenvalue weighted by Crippen LogP contribution is 2.14. The average Bonchev–Trinajstić information content (AvgIpc) is 2.61. The summed E-state index contributed by atoms with van der Waals surface area (Å²) in [5, 5.41) is 2.67. The standard InChI is InChI=1S/C18H21N3O4S/c1-3-12(2)21-26(24,25)16-10-6-14(7-11-16)18(23)20-15-8-4-13(5-9-15)17(19)22/h4-12,21H,3H2,1-2H3,(H2,19,22)(H,20,23)/t12-/m0/s1. The van der Waals surface area contributed by atoms with Crippen molar-refractivity contribution in [3.05, 3.63) is 59.7 Å². The van der Waals surface area contributed by atoms with Gasteiger partial charge in [0, 0.05) is 22.9 Å². The number of carbonyl (C=O) groups excluding carboxylic acids is 2. The SMILES string of the molecule is CC[C@H](C)NS(=O)(=O)c1ccc(C(=O)Nc2ccc(C(N)=O)cc2)cc1. The van der Waals surface area contributed by atoms with Crippen LogP contribution in [-0.2, 0) is 10.0 Å². The van der Waals surface area contributed by atoms with Gasteiger partial charge in [0.05, 0.1) is 4.90 Å². The van der Waals surface area contributed by atoms with E-state index >= 15 is 0 Å². The molecule has 2 aromatic carbocycles. The van der Waals surface area contributed by atoms with Gasteiger partial charge in [-0.05, 0) is 61.9 Å². The number of carbonyl (C=O) groups is 2. The third-order valence-electron chi connectivity index (χ3n) is 3.82. The second-order valence-corrected chi connectivity index (χ2v) is 7.56. The summed E-state index contributed by atoms with van der Waals surface area (Å²) < 4.78 is 27.0. The first kappa shape index (κ1) is 19.6. The number of hydrogen-bond acceptors (Lipinski definition) is 4. The number of sulfonamides is 1. The van der Waals surface area contributed by atoms with E-state index in [1.807, 2.05) is 6.92 Å². The van der Waals surface area contributed by atoms with Gasteiger partial charge in [-0.3, -0.25) is 9.59 Å². The number of nitrogens with one attached hydrogen (secondary N) is 2. The molecule has 4 N–H and O–H groups in total. The maximum absolute atomic E-state index is 12.3. The summed E-state index contributed by atoms with van der Waals surface area (Å²) in [7, 11) is -3.61. The van der Waals surface area contributed by atoms with E-state index in [4.69, 9.17) is 5.73 Å². The van der Waals surface area contributed by atoms with Gasteiger partial charge in [0.1, 0.15) is 0 Å². The summed E-state index contributed by atoms with van der Waals surface area (Å²) in [5.41, 5.74) is 6.31. The number of hydrogen-bond donors (Lipinski definition) is 3. The molecule has 0 aliphatic heterocycles. The number of rotatable bonds is 7. The van der Waals surface area contributed by atoms with E-state index in [0.29, 0.717) is 23.2 Å². The molecule has 0 saturated carbocycles. The fraction of sp³-hybridized carbons (Fsp3) is 0.222. The zero-order valence-corrected chi connectivity index (χ0v) is 15.3. The Hall–Kier alpha value is -2.71. The molecule has 138 valence electrons. The largest absolute Gasteiger partial charge is 0.366 e. The lowest BCUT2D eigenvalue weighted by molar-refractivity contribution is 0.0998. The van der Waals surface area contributed by atoms with Gasteiger partial charge in [0.2, 0.25) is 15.9 Å². The van der Waals surface area contributed by atoms with Crippen molar-refractivity contribution in [3.8, 4) is 0 Å². The summed E-state index contributed by atoms with van der Waals surface area (Å²) in [6.07, 6.45) is 0.675. The third kappa shape index (κ3) is 4.90. The third-order valence-corrected chi connectivity index (χ3v) is 5.43. The highest BCUT2D eigenvalue weighted by atomic mass is 32.2. The molecule has 1 atom stereocenters. The number of primary amides is 1. The molecular formula is C18H21N3O4S. The minimum absolute atomic E-state index is 0.0974. The second-order valence-electron chi connectivity index (χ2n) is 5.85. The quantitative estimate of drug-likeness (QED) is 0.687. The van der Waals surface area contributed by atoms with E-state index in [1.165, 1.54) is 36.4 Å². The first-order valence-corrected chi connectivity index (χ1v) is 9.55. The molecule has 0 spiro atoms. The Balaban J connectivity index is 2.10. The van der Waals surface area contributed by atoms with Gasteiger partial charge in [-0.15, -0.1) is 0 Å². The van der Waals surface area contributed by atoms with Crippen molar-refractivity contribution in [1.82, 2.24) is 4.72 Å². The smallest absolute Gasteiger partial charge is 0.255 e. The van der Waals surface area contributed by atoms with E-state index in [1.54, 1.807) is 19.1 Å². The molecule has 2 rings (SSSR count). The molecule has 0 unspecified atom stereocenters. The van der Waals surface area contributed by atoms with Gasteiger partial charge in [0.15, 0.2) is 0 Å². The second kappa shape index (κ2) is 8.11. The van der Waals surface area contributed by atoms with Crippen molar-refractivity contribution in [2.24, 2.45) is 5.73 Å². The summed E-state index contributed by atoms with van der Waals surface area (Å²) >= 11 is 0. The molecule has 7 nitrogen and oxygen atoms in total. The molecule has 0 aliphatic rings. The normalized spacial score (nSPS) is 12.4. The number of nitrogens with two attached hydrogens (primary N) is 1. The van der Waals surface area contributed by atoms with Crippen molar-refractivity contribution < 1.29 is 18.0 Å². The lowest BCUT2D eigenvalue weighted by Gasteiger charge is -2.12. The molecular weight excluding hydrogens is 354 g/mol. The van der Waals surface area contributed by atoms with Crippen molar-refractivity contribution in [3.63, 3.8) is 0 Å². The minimum atomic E-state index is -3.61. The molecule has 0 radical (unpaired) electrons. The van der Waals surface area contributed by atoms with Gasteiger partial charge in [0.25, 0.3) is 5.91 Å². The van der Waals surface area contributed by atoms with E-state index in [9.17, 15) is 18.0 Å². The van der Waals surface area contributed by atoms with Crippen LogP contribution >= 0.6 is 0 Å². The number of amides is 2. The molecule has 8 heteroatoms. The number of anilines is 1. The first-order chi connectivity index (χ1) is 12.2. The van der Waals surface area contributed by atoms with Crippen LogP contribution in [0.1, 0.15) is 41.0 Å². The molecule has 0 fully saturated rings. The fourth-order valence-corrected chi connectivity index (χ4v) is 3.45. The maximum Gasteiger partial charge on any atom is 0.255 e. The molecule has 0 bridgehead atoms. The monoisotopic (exact) mass is 375 g/mol. The Labute approximate surface area is 152 Å².